The van der Waals surface area contributed by atoms with Crippen molar-refractivity contribution in [3.8, 4) is 0 Å². The second-order valence-corrected chi connectivity index (χ2v) is 7.70. The van der Waals surface area contributed by atoms with Gasteiger partial charge in [-0.25, -0.2) is 8.42 Å². The van der Waals surface area contributed by atoms with Gasteiger partial charge in [0.1, 0.15) is 0 Å². The molecule has 0 amide bonds. The Balaban J connectivity index is 1.95. The second kappa shape index (κ2) is 5.51. The molecule has 0 aliphatic carbocycles. The first kappa shape index (κ1) is 14.7. The van der Waals surface area contributed by atoms with Crippen LogP contribution in [0.2, 0.25) is 5.02 Å². The fourth-order valence-electron chi connectivity index (χ4n) is 2.23. The van der Waals surface area contributed by atoms with E-state index in [-0.39, 0.29) is 4.90 Å². The van der Waals surface area contributed by atoms with Crippen molar-refractivity contribution >= 4 is 48.9 Å². The summed E-state index contributed by atoms with van der Waals surface area (Å²) in [7, 11) is -3.64. The zero-order valence-corrected chi connectivity index (χ0v) is 14.0. The van der Waals surface area contributed by atoms with Crippen LogP contribution in [-0.2, 0) is 16.4 Å². The van der Waals surface area contributed by atoms with E-state index in [2.05, 4.69) is 26.0 Å². The fraction of sp³-hybridized carbons (Fsp3) is 0.143. The summed E-state index contributed by atoms with van der Waals surface area (Å²) >= 11 is 9.21. The zero-order chi connectivity index (χ0) is 15.0. The second-order valence-electron chi connectivity index (χ2n) is 4.73. The predicted molar refractivity (Wildman–Crippen MR) is 88.6 cm³/mol. The lowest BCUT2D eigenvalue weighted by atomic mass is 10.2. The molecule has 0 aromatic heterocycles. The number of hydrogen-bond donors (Lipinski definition) is 2. The highest BCUT2D eigenvalue weighted by Gasteiger charge is 2.19. The molecule has 0 atom stereocenters. The first-order chi connectivity index (χ1) is 9.95. The third kappa shape index (κ3) is 3.02. The average molecular weight is 388 g/mol. The molecule has 2 aromatic carbocycles. The summed E-state index contributed by atoms with van der Waals surface area (Å²) in [5.41, 5.74) is 2.43. The SMILES string of the molecule is O=S(=O)(Nc1cc(Cl)ccc1Br)c1ccc2c(c1)CCN2. The molecule has 0 fully saturated rings. The quantitative estimate of drug-likeness (QED) is 0.840. The van der Waals surface area contributed by atoms with Crippen molar-refractivity contribution in [1.82, 2.24) is 0 Å². The van der Waals surface area contributed by atoms with Crippen LogP contribution in [0.5, 0.6) is 0 Å². The van der Waals surface area contributed by atoms with Crippen LogP contribution in [0.25, 0.3) is 0 Å². The van der Waals surface area contributed by atoms with E-state index in [4.69, 9.17) is 11.6 Å². The van der Waals surface area contributed by atoms with Crippen molar-refractivity contribution in [2.45, 2.75) is 11.3 Å². The van der Waals surface area contributed by atoms with Gasteiger partial charge in [-0.1, -0.05) is 11.6 Å². The van der Waals surface area contributed by atoms with Crippen molar-refractivity contribution in [2.24, 2.45) is 0 Å². The van der Waals surface area contributed by atoms with E-state index >= 15 is 0 Å². The number of benzene rings is 2. The van der Waals surface area contributed by atoms with Crippen LogP contribution in [-0.4, -0.2) is 15.0 Å². The van der Waals surface area contributed by atoms with Crippen LogP contribution in [0.1, 0.15) is 5.56 Å². The first-order valence-electron chi connectivity index (χ1n) is 6.30. The Morgan fingerprint density at radius 2 is 2.00 bits per heavy atom. The van der Waals surface area contributed by atoms with Gasteiger partial charge in [0, 0.05) is 21.7 Å². The van der Waals surface area contributed by atoms with E-state index in [0.717, 1.165) is 24.2 Å². The smallest absolute Gasteiger partial charge is 0.261 e. The lowest BCUT2D eigenvalue weighted by molar-refractivity contribution is 0.601. The Labute approximate surface area is 136 Å². The molecule has 1 heterocycles. The van der Waals surface area contributed by atoms with E-state index in [1.807, 2.05) is 0 Å². The van der Waals surface area contributed by atoms with Crippen LogP contribution >= 0.6 is 27.5 Å². The van der Waals surface area contributed by atoms with Crippen LogP contribution in [0.3, 0.4) is 0 Å². The van der Waals surface area contributed by atoms with Gasteiger partial charge in [-0.2, -0.15) is 0 Å². The highest BCUT2D eigenvalue weighted by Crippen LogP contribution is 2.30. The Hall–Kier alpha value is -1.24. The Morgan fingerprint density at radius 1 is 1.19 bits per heavy atom. The zero-order valence-electron chi connectivity index (χ0n) is 10.9. The maximum atomic E-state index is 12.5. The number of sulfonamides is 1. The summed E-state index contributed by atoms with van der Waals surface area (Å²) in [5.74, 6) is 0. The number of halogens is 2. The lowest BCUT2D eigenvalue weighted by Gasteiger charge is -2.11. The van der Waals surface area contributed by atoms with Crippen molar-refractivity contribution in [3.63, 3.8) is 0 Å². The number of hydrogen-bond acceptors (Lipinski definition) is 3. The summed E-state index contributed by atoms with van der Waals surface area (Å²) in [6.45, 7) is 0.839. The molecule has 1 aliphatic rings. The molecular formula is C14H12BrClN2O2S. The molecule has 0 spiro atoms. The fourth-order valence-corrected chi connectivity index (χ4v) is 4.00. The molecule has 0 bridgehead atoms. The molecule has 2 N–H and O–H groups in total. The molecule has 0 radical (unpaired) electrons. The largest absolute Gasteiger partial charge is 0.384 e. The maximum Gasteiger partial charge on any atom is 0.261 e. The van der Waals surface area contributed by atoms with Crippen LogP contribution in [0.4, 0.5) is 11.4 Å². The molecule has 1 aliphatic heterocycles. The van der Waals surface area contributed by atoms with Gasteiger partial charge in [0.15, 0.2) is 0 Å². The Morgan fingerprint density at radius 3 is 2.81 bits per heavy atom. The third-order valence-corrected chi connectivity index (χ3v) is 5.56. The topological polar surface area (TPSA) is 58.2 Å². The molecule has 2 aromatic rings. The Kier molecular flexibility index (Phi) is 3.86. The minimum atomic E-state index is -3.64. The van der Waals surface area contributed by atoms with Crippen LogP contribution < -0.4 is 10.0 Å². The normalized spacial score (nSPS) is 13.6. The van der Waals surface area contributed by atoms with E-state index in [1.54, 1.807) is 36.4 Å². The van der Waals surface area contributed by atoms with E-state index < -0.39 is 10.0 Å². The van der Waals surface area contributed by atoms with Gasteiger partial charge in [0.25, 0.3) is 10.0 Å². The number of nitrogens with one attached hydrogen (secondary N) is 2. The highest BCUT2D eigenvalue weighted by atomic mass is 79.9. The van der Waals surface area contributed by atoms with Gasteiger partial charge < -0.3 is 5.32 Å². The molecule has 0 saturated heterocycles. The summed E-state index contributed by atoms with van der Waals surface area (Å²) in [6, 6.07) is 10.0. The molecule has 3 rings (SSSR count). The van der Waals surface area contributed by atoms with E-state index in [1.165, 1.54) is 0 Å². The molecule has 110 valence electrons. The minimum absolute atomic E-state index is 0.247. The standard InChI is InChI=1S/C14H12BrClN2O2S/c15-12-3-1-10(16)8-14(12)18-21(19,20)11-2-4-13-9(7-11)5-6-17-13/h1-4,7-8,17-18H,5-6H2. The van der Waals surface area contributed by atoms with Crippen LogP contribution in [0.15, 0.2) is 45.8 Å². The monoisotopic (exact) mass is 386 g/mol. The molecule has 7 heteroatoms. The molecule has 0 saturated carbocycles. The molecule has 4 nitrogen and oxygen atoms in total. The summed E-state index contributed by atoms with van der Waals surface area (Å²) < 4.78 is 28.1. The van der Waals surface area contributed by atoms with E-state index in [0.29, 0.717) is 15.2 Å². The average Bonchev–Trinajstić information content (AvgIpc) is 2.90. The first-order valence-corrected chi connectivity index (χ1v) is 8.96. The third-order valence-electron chi connectivity index (χ3n) is 3.27. The molecule has 21 heavy (non-hydrogen) atoms. The summed E-state index contributed by atoms with van der Waals surface area (Å²) in [5, 5.41) is 3.67. The molecular weight excluding hydrogens is 376 g/mol. The Bertz CT molecular complexity index is 809. The number of fused-ring (bicyclic) bond motifs is 1. The van der Waals surface area contributed by atoms with Crippen molar-refractivity contribution < 1.29 is 8.42 Å². The number of anilines is 2. The van der Waals surface area contributed by atoms with Crippen LogP contribution in [0, 0.1) is 0 Å². The van der Waals surface area contributed by atoms with Gasteiger partial charge in [0.2, 0.25) is 0 Å². The van der Waals surface area contributed by atoms with Gasteiger partial charge in [0.05, 0.1) is 10.6 Å². The van der Waals surface area contributed by atoms with Crippen molar-refractivity contribution in [2.75, 3.05) is 16.6 Å². The minimum Gasteiger partial charge on any atom is -0.384 e. The van der Waals surface area contributed by atoms with Crippen molar-refractivity contribution in [1.29, 1.82) is 0 Å². The maximum absolute atomic E-state index is 12.5. The lowest BCUT2D eigenvalue weighted by Crippen LogP contribution is -2.13. The summed E-state index contributed by atoms with van der Waals surface area (Å²) in [6.07, 6.45) is 0.833. The number of rotatable bonds is 3. The van der Waals surface area contributed by atoms with Gasteiger partial charge >= 0.3 is 0 Å². The van der Waals surface area contributed by atoms with E-state index in [9.17, 15) is 8.42 Å². The molecule has 0 unspecified atom stereocenters. The van der Waals surface area contributed by atoms with Gasteiger partial charge in [-0.05, 0) is 64.3 Å². The van der Waals surface area contributed by atoms with Crippen molar-refractivity contribution in [3.05, 3.63) is 51.5 Å². The van der Waals surface area contributed by atoms with Gasteiger partial charge in [-0.15, -0.1) is 0 Å². The summed E-state index contributed by atoms with van der Waals surface area (Å²) in [4.78, 5) is 0.247. The predicted octanol–water partition coefficient (Wildman–Crippen LogP) is 3.87. The highest BCUT2D eigenvalue weighted by molar-refractivity contribution is 9.10. The van der Waals surface area contributed by atoms with Gasteiger partial charge in [-0.3, -0.25) is 4.72 Å².